The topological polar surface area (TPSA) is 335 Å². The third-order valence-electron chi connectivity index (χ3n) is 14.0. The van der Waals surface area contributed by atoms with Gasteiger partial charge in [0.15, 0.2) is 12.6 Å². The van der Waals surface area contributed by atoms with Crippen molar-refractivity contribution in [3.63, 3.8) is 0 Å². The Morgan fingerprint density at radius 3 is 1.29 bits per heavy atom. The number of nitriles is 3. The maximum Gasteiger partial charge on any atom is 1.00 e. The van der Waals surface area contributed by atoms with E-state index in [9.17, 15) is 63.1 Å². The SMILES string of the molecule is N#Cc1cc(F)ccc1C(F)(F)F.N#Cc1cc(Oc2ccc(-c3cccc(C=O)n3)cc2)ccc1C(F)(F)F.N#Cc1cc(Oc2ccc(-c3cccc(CNCCN4CCNC4=O)n3)cc2)ccc1C(F)(F)F.NCCN1CCNC1=O.O=CO[O-].O=Cc1cccc(-c2ccc(O)cc2)n1.[H-].[K+].[K+]. The number of nitrogens with one attached hydrogen (secondary N) is 3. The number of hydrogen-bond donors (Lipinski definition) is 5. The first-order valence-electron chi connectivity index (χ1n) is 30.1. The van der Waals surface area contributed by atoms with Crippen LogP contribution in [-0.4, -0.2) is 113 Å². The zero-order valence-electron chi connectivity index (χ0n) is 56.5. The molecule has 105 heavy (non-hydrogen) atoms. The molecule has 9 aromatic rings. The van der Waals surface area contributed by atoms with Gasteiger partial charge in [0.1, 0.15) is 46.0 Å². The predicted molar refractivity (Wildman–Crippen MR) is 349 cm³/mol. The number of ether oxygens (including phenoxy) is 2. The molecule has 2 aliphatic rings. The Morgan fingerprint density at radius 1 is 0.543 bits per heavy atom. The number of alkyl halides is 9. The number of nitrogens with zero attached hydrogens (tertiary/aromatic N) is 8. The minimum atomic E-state index is -4.61. The van der Waals surface area contributed by atoms with Gasteiger partial charge in [-0.2, -0.15) is 55.3 Å². The average Bonchev–Trinajstić information content (AvgIpc) is 1.26. The zero-order chi connectivity index (χ0) is 75.1. The Balaban J connectivity index is 0.000000362. The second kappa shape index (κ2) is 43.7. The van der Waals surface area contributed by atoms with Gasteiger partial charge in [-0.1, -0.05) is 18.2 Å². The molecule has 0 radical (unpaired) electrons. The minimum absolute atomic E-state index is 0. The number of aromatic nitrogens is 3. The van der Waals surface area contributed by atoms with Crippen molar-refractivity contribution in [2.45, 2.75) is 25.1 Å². The van der Waals surface area contributed by atoms with E-state index in [1.165, 1.54) is 18.2 Å². The van der Waals surface area contributed by atoms with E-state index < -0.39 is 57.7 Å². The van der Waals surface area contributed by atoms with Crippen LogP contribution in [0.2, 0.25) is 0 Å². The summed E-state index contributed by atoms with van der Waals surface area (Å²) in [5.41, 5.74) is 6.54. The predicted octanol–water partition coefficient (Wildman–Crippen LogP) is 6.30. The minimum Gasteiger partial charge on any atom is -1.00 e. The fourth-order valence-electron chi connectivity index (χ4n) is 9.13. The number of urea groups is 2. The summed E-state index contributed by atoms with van der Waals surface area (Å²) in [6.45, 7) is 5.84. The third-order valence-corrected chi connectivity index (χ3v) is 14.0. The van der Waals surface area contributed by atoms with Crippen LogP contribution >= 0.6 is 0 Å². The molecule has 22 nitrogen and oxygen atoms in total. The van der Waals surface area contributed by atoms with Crippen molar-refractivity contribution in [3.05, 3.63) is 238 Å². The number of amides is 4. The fourth-order valence-corrected chi connectivity index (χ4v) is 9.13. The van der Waals surface area contributed by atoms with Gasteiger partial charge in [0.25, 0.3) is 6.47 Å². The molecule has 0 bridgehead atoms. The van der Waals surface area contributed by atoms with E-state index in [1.54, 1.807) is 119 Å². The molecule has 0 aliphatic carbocycles. The summed E-state index contributed by atoms with van der Waals surface area (Å²) in [6.07, 6.45) is -12.5. The molecule has 11 rings (SSSR count). The van der Waals surface area contributed by atoms with Gasteiger partial charge in [-0.25, -0.2) is 23.9 Å². The molecular weight excluding hydrogens is 1450 g/mol. The maximum atomic E-state index is 13.0. The summed E-state index contributed by atoms with van der Waals surface area (Å²) in [4.78, 5) is 71.3. The van der Waals surface area contributed by atoms with Crippen LogP contribution in [0.15, 0.2) is 182 Å². The van der Waals surface area contributed by atoms with Crippen molar-refractivity contribution in [1.82, 2.24) is 40.7 Å². The van der Waals surface area contributed by atoms with E-state index in [0.29, 0.717) is 105 Å². The molecule has 0 saturated carbocycles. The maximum absolute atomic E-state index is 13.0. The normalized spacial score (nSPS) is 11.8. The van der Waals surface area contributed by atoms with Crippen molar-refractivity contribution in [2.75, 3.05) is 52.4 Å². The van der Waals surface area contributed by atoms with Gasteiger partial charge < -0.3 is 57.6 Å². The number of halogens is 10. The Labute approximate surface area is 679 Å². The number of rotatable bonds is 17. The first-order chi connectivity index (χ1) is 49.2. The summed E-state index contributed by atoms with van der Waals surface area (Å²) in [7, 11) is 0. The number of carbonyl (C=O) groups is 5. The van der Waals surface area contributed by atoms with Crippen LogP contribution in [-0.2, 0) is 34.8 Å². The third kappa shape index (κ3) is 28.4. The number of nitrogens with two attached hydrogens (primary N) is 1. The van der Waals surface area contributed by atoms with Gasteiger partial charge in [0.05, 0.1) is 74.4 Å². The molecule has 0 spiro atoms. The van der Waals surface area contributed by atoms with Crippen LogP contribution in [0.3, 0.4) is 0 Å². The van der Waals surface area contributed by atoms with Crippen molar-refractivity contribution in [1.29, 1.82) is 15.8 Å². The van der Waals surface area contributed by atoms with Gasteiger partial charge >= 0.3 is 133 Å². The second-order valence-corrected chi connectivity index (χ2v) is 21.0. The summed E-state index contributed by atoms with van der Waals surface area (Å²) < 4.78 is 137. The largest absolute Gasteiger partial charge is 1.00 e. The van der Waals surface area contributed by atoms with Crippen LogP contribution in [0.25, 0.3) is 33.8 Å². The number of aldehydes is 2. The van der Waals surface area contributed by atoms with Crippen LogP contribution in [0.5, 0.6) is 28.7 Å². The molecule has 0 atom stereocenters. The first-order valence-corrected chi connectivity index (χ1v) is 30.1. The molecule has 34 heteroatoms. The Bertz CT molecular complexity index is 4500. The molecule has 0 unspecified atom stereocenters. The molecule has 6 aromatic carbocycles. The number of benzene rings is 6. The molecule has 534 valence electrons. The number of phenols is 1. The Kier molecular flexibility index (Phi) is 36.5. The van der Waals surface area contributed by atoms with Gasteiger partial charge in [-0.05, 0) is 164 Å². The quantitative estimate of drug-likeness (QED) is 0.0167. The zero-order valence-corrected chi connectivity index (χ0v) is 61.7. The van der Waals surface area contributed by atoms with E-state index in [1.807, 2.05) is 24.3 Å². The van der Waals surface area contributed by atoms with Crippen molar-refractivity contribution in [3.8, 4) is 80.7 Å². The second-order valence-electron chi connectivity index (χ2n) is 21.0. The summed E-state index contributed by atoms with van der Waals surface area (Å²) >= 11 is 0. The first kappa shape index (κ1) is 87.8. The van der Waals surface area contributed by atoms with E-state index >= 15 is 0 Å². The monoisotopic (exact) mass is 1510 g/mol. The summed E-state index contributed by atoms with van der Waals surface area (Å²) in [5.74, 6) is 0.415. The van der Waals surface area contributed by atoms with Crippen LogP contribution in [0.1, 0.15) is 61.5 Å². The van der Waals surface area contributed by atoms with Crippen molar-refractivity contribution < 1.29 is 197 Å². The number of pyridine rings is 3. The standard InChI is InChI=1S/C25H22F3N5O2.C20H11F3N2O2.C12H9NO2.C8H3F4N.C5H11N3O.CH2O3.2K.H/c26-25(27,28)22-9-8-21(14-18(22)15-29)35-20-6-4-17(5-7-20)23-3-1-2-19(32-23)16-30-10-12-33-13-11-31-24(33)34;21-20(22,23)18-9-8-17(10-14(18)11-24)27-16-6-4-13(5-7-16)19-3-1-2-15(12-26)25-19;14-8-10-2-1-3-12(13-10)9-4-6-11(15)7-5-9;9-6-1-2-7(8(10,11)12)5(3-6)4-13;6-1-3-8-4-2-7-5(8)9;2-1-4-3;;;/h1-9,14,30H,10-13,16H2,(H,31,34);1-10,12H;1-8,15H;1-3H;1-4,6H2,(H,7,9);1,3H;;;/q;;;;;;2*+1;-1/p-1. The molecule has 6 N–H and O–H groups in total. The van der Waals surface area contributed by atoms with E-state index in [2.05, 4.69) is 35.8 Å². The molecular formula is C71H58F10K2N12O10. The smallest absolute Gasteiger partial charge is 1.00 e. The number of carbonyl (C=O) groups excluding carboxylic acids is 5. The molecule has 4 amide bonds. The van der Waals surface area contributed by atoms with Gasteiger partial charge in [0, 0.05) is 75.6 Å². The Hall–Kier alpha value is -9.56. The Morgan fingerprint density at radius 2 is 0.914 bits per heavy atom. The van der Waals surface area contributed by atoms with Gasteiger partial charge in [0.2, 0.25) is 0 Å². The number of phenolic OH excluding ortho intramolecular Hbond substituents is 1. The van der Waals surface area contributed by atoms with Crippen molar-refractivity contribution in [2.24, 2.45) is 5.73 Å². The molecule has 2 aliphatic heterocycles. The molecule has 5 heterocycles. The fraction of sp³-hybridized carbons (Fsp3) is 0.169. The van der Waals surface area contributed by atoms with E-state index in [-0.39, 0.29) is 140 Å². The number of hydrogen-bond acceptors (Lipinski definition) is 18. The summed E-state index contributed by atoms with van der Waals surface area (Å²) in [5, 5.41) is 52.6. The number of aromatic hydroxyl groups is 1. The van der Waals surface area contributed by atoms with E-state index in [4.69, 9.17) is 46.2 Å². The van der Waals surface area contributed by atoms with E-state index in [0.717, 1.165) is 77.2 Å². The molecule has 2 fully saturated rings. The molecule has 2 saturated heterocycles. The molecule has 3 aromatic heterocycles. The van der Waals surface area contributed by atoms with Crippen LogP contribution in [0.4, 0.5) is 53.5 Å². The van der Waals surface area contributed by atoms with Gasteiger partial charge in [-0.15, -0.1) is 0 Å². The summed E-state index contributed by atoms with van der Waals surface area (Å²) in [6, 6.07) is 48.6. The van der Waals surface area contributed by atoms with Crippen LogP contribution in [0, 0.1) is 39.8 Å². The van der Waals surface area contributed by atoms with Crippen LogP contribution < -0.4 is 139 Å². The van der Waals surface area contributed by atoms with Gasteiger partial charge in [-0.3, -0.25) is 19.4 Å². The average molecular weight is 1510 g/mol. The van der Waals surface area contributed by atoms with Crippen molar-refractivity contribution >= 4 is 31.1 Å².